The zero-order valence-corrected chi connectivity index (χ0v) is 14.3. The fourth-order valence-corrected chi connectivity index (χ4v) is 2.48. The first-order chi connectivity index (χ1) is 11.2. The number of halogens is 1. The number of amides is 1. The number of carbonyl (C=O) groups excluding carboxylic acids is 2. The van der Waals surface area contributed by atoms with Crippen LogP contribution in [0.1, 0.15) is 42.6 Å². The molecular formula is C18H22FNO4. The van der Waals surface area contributed by atoms with Gasteiger partial charge in [0.25, 0.3) is 0 Å². The lowest BCUT2D eigenvalue weighted by Gasteiger charge is -2.31. The summed E-state index contributed by atoms with van der Waals surface area (Å²) in [6, 6.07) is 4.22. The molecule has 1 aliphatic rings. The number of hydrogen-bond donors (Lipinski definition) is 0. The highest BCUT2D eigenvalue weighted by Crippen LogP contribution is 2.26. The molecule has 1 unspecified atom stereocenters. The van der Waals surface area contributed by atoms with E-state index in [2.05, 4.69) is 4.74 Å². The molecule has 24 heavy (non-hydrogen) atoms. The first-order valence-corrected chi connectivity index (χ1v) is 7.73. The van der Waals surface area contributed by atoms with E-state index in [0.717, 1.165) is 6.07 Å². The minimum absolute atomic E-state index is 0.155. The van der Waals surface area contributed by atoms with Crippen molar-refractivity contribution < 1.29 is 23.5 Å². The van der Waals surface area contributed by atoms with E-state index < -0.39 is 23.5 Å². The third-order valence-electron chi connectivity index (χ3n) is 3.58. The molecule has 1 aromatic carbocycles. The third kappa shape index (κ3) is 4.34. The van der Waals surface area contributed by atoms with Gasteiger partial charge in [-0.2, -0.15) is 0 Å². The number of methoxy groups -OCH3 is 1. The molecule has 6 heteroatoms. The van der Waals surface area contributed by atoms with Gasteiger partial charge < -0.3 is 14.4 Å². The van der Waals surface area contributed by atoms with Crippen molar-refractivity contribution >= 4 is 12.1 Å². The van der Waals surface area contributed by atoms with E-state index in [-0.39, 0.29) is 11.5 Å². The molecule has 0 saturated carbocycles. The first-order valence-electron chi connectivity index (χ1n) is 7.73. The largest absolute Gasteiger partial charge is 0.465 e. The molecule has 1 atom stereocenters. The smallest absolute Gasteiger partial charge is 0.410 e. The van der Waals surface area contributed by atoms with Gasteiger partial charge in [0.05, 0.1) is 12.7 Å². The Bertz CT molecular complexity index is 663. The average molecular weight is 335 g/mol. The molecular weight excluding hydrogens is 313 g/mol. The van der Waals surface area contributed by atoms with E-state index in [1.165, 1.54) is 18.1 Å². The lowest BCUT2D eigenvalue weighted by molar-refractivity contribution is 0.0258. The summed E-state index contributed by atoms with van der Waals surface area (Å²) in [6.07, 6.45) is 3.24. The third-order valence-corrected chi connectivity index (χ3v) is 3.58. The van der Waals surface area contributed by atoms with Crippen molar-refractivity contribution in [3.8, 4) is 0 Å². The van der Waals surface area contributed by atoms with Crippen molar-refractivity contribution in [1.82, 2.24) is 4.90 Å². The lowest BCUT2D eigenvalue weighted by Crippen LogP contribution is -2.40. The molecule has 1 aromatic rings. The van der Waals surface area contributed by atoms with Gasteiger partial charge in [-0.05, 0) is 38.5 Å². The maximum atomic E-state index is 14.4. The molecule has 2 rings (SSSR count). The number of ether oxygens (including phenoxy) is 2. The van der Waals surface area contributed by atoms with Gasteiger partial charge in [-0.1, -0.05) is 18.2 Å². The minimum atomic E-state index is -0.588. The molecule has 1 aliphatic heterocycles. The zero-order chi connectivity index (χ0) is 17.9. The number of benzene rings is 1. The summed E-state index contributed by atoms with van der Waals surface area (Å²) in [6.45, 7) is 6.14. The molecule has 0 spiro atoms. The highest BCUT2D eigenvalue weighted by atomic mass is 19.1. The molecule has 130 valence electrons. The number of nitrogens with zero attached hydrogens (tertiary/aromatic N) is 1. The van der Waals surface area contributed by atoms with Gasteiger partial charge in [0.15, 0.2) is 0 Å². The van der Waals surface area contributed by atoms with Crippen molar-refractivity contribution in [2.75, 3.05) is 20.2 Å². The fraction of sp³-hybridized carbons (Fsp3) is 0.444. The molecule has 5 nitrogen and oxygen atoms in total. The summed E-state index contributed by atoms with van der Waals surface area (Å²) in [5, 5.41) is 0. The normalized spacial score (nSPS) is 17.5. The molecule has 0 radical (unpaired) electrons. The summed E-state index contributed by atoms with van der Waals surface area (Å²) in [5.41, 5.74) is -0.00376. The number of esters is 1. The second-order valence-electron chi connectivity index (χ2n) is 6.65. The van der Waals surface area contributed by atoms with E-state index in [0.29, 0.717) is 18.7 Å². The Labute approximate surface area is 141 Å². The van der Waals surface area contributed by atoms with Crippen molar-refractivity contribution in [1.29, 1.82) is 0 Å². The Morgan fingerprint density at radius 2 is 2.00 bits per heavy atom. The Hall–Kier alpha value is -2.37. The van der Waals surface area contributed by atoms with Crippen LogP contribution in [0.2, 0.25) is 0 Å². The molecule has 1 amide bonds. The highest BCUT2D eigenvalue weighted by molar-refractivity contribution is 5.89. The van der Waals surface area contributed by atoms with Crippen LogP contribution >= 0.6 is 0 Å². The second kappa shape index (κ2) is 7.03. The fourth-order valence-electron chi connectivity index (χ4n) is 2.48. The maximum absolute atomic E-state index is 14.4. The van der Waals surface area contributed by atoms with Crippen molar-refractivity contribution in [2.24, 2.45) is 0 Å². The van der Waals surface area contributed by atoms with Gasteiger partial charge >= 0.3 is 12.1 Å². The summed E-state index contributed by atoms with van der Waals surface area (Å²) >= 11 is 0. The van der Waals surface area contributed by atoms with Crippen molar-refractivity contribution in [3.63, 3.8) is 0 Å². The van der Waals surface area contributed by atoms with E-state index in [1.54, 1.807) is 26.8 Å². The second-order valence-corrected chi connectivity index (χ2v) is 6.65. The van der Waals surface area contributed by atoms with Gasteiger partial charge in [0, 0.05) is 19.0 Å². The van der Waals surface area contributed by atoms with Crippen LogP contribution in [0.4, 0.5) is 9.18 Å². The van der Waals surface area contributed by atoms with Crippen LogP contribution in [0.15, 0.2) is 30.4 Å². The van der Waals surface area contributed by atoms with Crippen LogP contribution in [-0.4, -0.2) is 42.8 Å². The molecule has 0 N–H and O–H groups in total. The minimum Gasteiger partial charge on any atom is -0.465 e. The summed E-state index contributed by atoms with van der Waals surface area (Å²) in [5.74, 6) is -1.38. The maximum Gasteiger partial charge on any atom is 0.410 e. The van der Waals surface area contributed by atoms with Gasteiger partial charge in [-0.25, -0.2) is 14.0 Å². The number of rotatable bonds is 2. The number of hydrogen-bond acceptors (Lipinski definition) is 4. The monoisotopic (exact) mass is 335 g/mol. The van der Waals surface area contributed by atoms with Crippen molar-refractivity contribution in [2.45, 2.75) is 32.3 Å². The van der Waals surface area contributed by atoms with Gasteiger partial charge in [-0.3, -0.25) is 0 Å². The van der Waals surface area contributed by atoms with Gasteiger partial charge in [0.2, 0.25) is 0 Å². The van der Waals surface area contributed by atoms with E-state index in [4.69, 9.17) is 4.74 Å². The van der Waals surface area contributed by atoms with Gasteiger partial charge in [-0.15, -0.1) is 0 Å². The topological polar surface area (TPSA) is 55.8 Å². The molecule has 0 aliphatic carbocycles. The molecule has 0 aromatic heterocycles. The molecule has 1 heterocycles. The summed E-state index contributed by atoms with van der Waals surface area (Å²) in [7, 11) is 1.25. The summed E-state index contributed by atoms with van der Waals surface area (Å²) in [4.78, 5) is 25.2. The van der Waals surface area contributed by atoms with Gasteiger partial charge in [0.1, 0.15) is 11.4 Å². The Morgan fingerprint density at radius 1 is 1.29 bits per heavy atom. The Kier molecular flexibility index (Phi) is 5.26. The van der Waals surface area contributed by atoms with Crippen molar-refractivity contribution in [3.05, 3.63) is 47.3 Å². The quantitative estimate of drug-likeness (QED) is 0.613. The van der Waals surface area contributed by atoms with E-state index >= 15 is 0 Å². The Morgan fingerprint density at radius 3 is 2.58 bits per heavy atom. The van der Waals surface area contributed by atoms with Crippen LogP contribution < -0.4 is 0 Å². The zero-order valence-electron chi connectivity index (χ0n) is 14.3. The van der Waals surface area contributed by atoms with E-state index in [9.17, 15) is 14.0 Å². The summed E-state index contributed by atoms with van der Waals surface area (Å²) < 4.78 is 24.3. The molecule has 0 bridgehead atoms. The van der Waals surface area contributed by atoms with Crippen LogP contribution in [0, 0.1) is 5.82 Å². The van der Waals surface area contributed by atoms with Crippen LogP contribution in [0.5, 0.6) is 0 Å². The number of carbonyl (C=O) groups is 2. The standard InChI is InChI=1S/C18H22FNO4/c1-18(2,3)24-17(22)20-9-5-6-13(11-20)14-8-7-12(10-15(14)19)16(21)23-4/h5-8,10,13H,9,11H2,1-4H3. The molecule has 0 saturated heterocycles. The SMILES string of the molecule is COC(=O)c1ccc(C2C=CCN(C(=O)OC(C)(C)C)C2)c(F)c1. The average Bonchev–Trinajstić information content (AvgIpc) is 2.52. The predicted molar refractivity (Wildman–Crippen MR) is 87.4 cm³/mol. The Balaban J connectivity index is 2.15. The molecule has 0 fully saturated rings. The van der Waals surface area contributed by atoms with Crippen LogP contribution in [-0.2, 0) is 9.47 Å². The first kappa shape index (κ1) is 18.0. The lowest BCUT2D eigenvalue weighted by atomic mass is 9.94. The van der Waals surface area contributed by atoms with Crippen LogP contribution in [0.3, 0.4) is 0 Å². The van der Waals surface area contributed by atoms with E-state index in [1.807, 2.05) is 12.2 Å². The van der Waals surface area contributed by atoms with Crippen LogP contribution in [0.25, 0.3) is 0 Å². The predicted octanol–water partition coefficient (Wildman–Crippen LogP) is 3.50. The highest BCUT2D eigenvalue weighted by Gasteiger charge is 2.27.